The number of para-hydroxylation sites is 1. The van der Waals surface area contributed by atoms with Crippen LogP contribution < -0.4 is 9.80 Å². The van der Waals surface area contributed by atoms with E-state index in [1.54, 1.807) is 85.1 Å². The standard InChI is InChI=1S/C39H31F2N3O3/c1-25-9-8-10-27(23-25)30-12-2-3-13-31(30)37(46)43-28-18-16-26(17-19-28)38(47)44-22-20-39(40,41)35(32-14-4-5-15-33(32)44)36(44)34(45)24-29-11-6-7-21-42-29/h2-19,21,23,35-36H,20,22,24H2,1H3/p+1. The highest BCUT2D eigenvalue weighted by molar-refractivity contribution is 6.11. The molecule has 0 radical (unpaired) electrons. The number of Topliss-reactive ketones (excluding diaryl/α,β-unsaturated/α-hetero) is 1. The lowest BCUT2D eigenvalue weighted by molar-refractivity contribution is -0.133. The fraction of sp³-hybridized carbons (Fsp3) is 0.179. The highest BCUT2D eigenvalue weighted by Crippen LogP contribution is 2.58. The Bertz CT molecular complexity index is 2010. The lowest BCUT2D eigenvalue weighted by Crippen LogP contribution is -2.68. The van der Waals surface area contributed by atoms with Gasteiger partial charge in [-0.25, -0.2) is 18.1 Å². The van der Waals surface area contributed by atoms with Crippen LogP contribution in [-0.4, -0.2) is 41.1 Å². The first-order chi connectivity index (χ1) is 22.7. The number of nitrogens with zero attached hydrogens (tertiary/aromatic N) is 2. The van der Waals surface area contributed by atoms with Crippen molar-refractivity contribution in [3.63, 3.8) is 0 Å². The molecule has 3 atom stereocenters. The average molecular weight is 629 g/mol. The number of hydrogen-bond donors (Lipinski definition) is 1. The van der Waals surface area contributed by atoms with Crippen molar-refractivity contribution >= 4 is 29.0 Å². The van der Waals surface area contributed by atoms with Crippen molar-refractivity contribution in [2.24, 2.45) is 0 Å². The second-order valence-electron chi connectivity index (χ2n) is 12.3. The van der Waals surface area contributed by atoms with Crippen molar-refractivity contribution in [2.45, 2.75) is 37.6 Å². The fourth-order valence-electron chi connectivity index (χ4n) is 7.31. The molecule has 1 aromatic heterocycles. The highest BCUT2D eigenvalue weighted by Gasteiger charge is 2.70. The molecule has 2 aliphatic heterocycles. The normalized spacial score (nSPS) is 20.7. The van der Waals surface area contributed by atoms with Crippen molar-refractivity contribution in [1.82, 2.24) is 9.47 Å². The molecule has 6 nitrogen and oxygen atoms in total. The molecule has 1 fully saturated rings. The number of aryl methyl sites for hydroxylation is 1. The first-order valence-electron chi connectivity index (χ1n) is 15.6. The largest absolute Gasteiger partial charge is 0.351 e. The summed E-state index contributed by atoms with van der Waals surface area (Å²) in [4.78, 5) is 46.2. The Hall–Kier alpha value is -5.34. The van der Waals surface area contributed by atoms with E-state index in [0.29, 0.717) is 28.2 Å². The summed E-state index contributed by atoms with van der Waals surface area (Å²) in [6.07, 6.45) is 0.868. The lowest BCUT2D eigenvalue weighted by atomic mass is 9.80. The Balaban J connectivity index is 1.20. The predicted molar refractivity (Wildman–Crippen MR) is 177 cm³/mol. The van der Waals surface area contributed by atoms with Gasteiger partial charge in [-0.15, -0.1) is 0 Å². The van der Waals surface area contributed by atoms with Gasteiger partial charge < -0.3 is 5.32 Å². The molecule has 234 valence electrons. The zero-order valence-electron chi connectivity index (χ0n) is 25.7. The molecule has 0 saturated carbocycles. The minimum absolute atomic E-state index is 0.158. The smallest absolute Gasteiger partial charge is 0.322 e. The number of benzene rings is 4. The molecule has 3 heterocycles. The van der Waals surface area contributed by atoms with Gasteiger partial charge in [-0.3, -0.25) is 14.6 Å². The Morgan fingerprint density at radius 1 is 0.872 bits per heavy atom. The zero-order valence-corrected chi connectivity index (χ0v) is 25.7. The van der Waals surface area contributed by atoms with E-state index in [-0.39, 0.29) is 24.4 Å². The summed E-state index contributed by atoms with van der Waals surface area (Å²) in [6, 6.07) is 32.2. The second-order valence-corrected chi connectivity index (χ2v) is 12.3. The monoisotopic (exact) mass is 628 g/mol. The minimum Gasteiger partial charge on any atom is -0.322 e. The van der Waals surface area contributed by atoms with Crippen LogP contribution in [0.2, 0.25) is 0 Å². The van der Waals surface area contributed by atoms with E-state index < -0.39 is 40.5 Å². The van der Waals surface area contributed by atoms with Crippen LogP contribution in [0.4, 0.5) is 20.2 Å². The molecule has 3 unspecified atom stereocenters. The number of fused-ring (bicyclic) bond motifs is 5. The Labute approximate surface area is 271 Å². The maximum Gasteiger partial charge on any atom is 0.351 e. The quantitative estimate of drug-likeness (QED) is 0.187. The van der Waals surface area contributed by atoms with Crippen molar-refractivity contribution < 1.29 is 23.2 Å². The molecule has 0 spiro atoms. The molecule has 4 aromatic carbocycles. The van der Waals surface area contributed by atoms with Gasteiger partial charge in [0.2, 0.25) is 0 Å². The number of alkyl halides is 2. The molecule has 47 heavy (non-hydrogen) atoms. The zero-order chi connectivity index (χ0) is 32.8. The molecule has 1 N–H and O–H groups in total. The Morgan fingerprint density at radius 2 is 1.62 bits per heavy atom. The van der Waals surface area contributed by atoms with Crippen LogP contribution in [0.25, 0.3) is 11.1 Å². The number of nitrogens with one attached hydrogen (secondary N) is 1. The number of carbonyl (C=O) groups excluding carboxylic acids is 3. The van der Waals surface area contributed by atoms with Crippen LogP contribution in [0.1, 0.15) is 49.9 Å². The van der Waals surface area contributed by atoms with E-state index in [1.807, 2.05) is 43.3 Å². The summed E-state index contributed by atoms with van der Waals surface area (Å²) >= 11 is 0. The number of carbonyl (C=O) groups is 3. The first kappa shape index (κ1) is 30.3. The van der Waals surface area contributed by atoms with Gasteiger partial charge in [-0.1, -0.05) is 72.3 Å². The van der Waals surface area contributed by atoms with Crippen LogP contribution >= 0.6 is 0 Å². The third-order valence-electron chi connectivity index (χ3n) is 9.41. The highest BCUT2D eigenvalue weighted by atomic mass is 19.3. The van der Waals surface area contributed by atoms with Gasteiger partial charge in [0.1, 0.15) is 11.6 Å². The summed E-state index contributed by atoms with van der Waals surface area (Å²) in [5.41, 5.74) is 5.26. The van der Waals surface area contributed by atoms with Crippen LogP contribution in [0.3, 0.4) is 0 Å². The molecule has 1 saturated heterocycles. The van der Waals surface area contributed by atoms with Gasteiger partial charge in [0.15, 0.2) is 11.8 Å². The van der Waals surface area contributed by atoms with E-state index in [9.17, 15) is 14.4 Å². The Morgan fingerprint density at radius 3 is 2.38 bits per heavy atom. The second kappa shape index (κ2) is 11.8. The van der Waals surface area contributed by atoms with Crippen LogP contribution in [-0.2, 0) is 11.2 Å². The summed E-state index contributed by atoms with van der Waals surface area (Å²) < 4.78 is 30.9. The molecule has 2 bridgehead atoms. The lowest BCUT2D eigenvalue weighted by Gasteiger charge is -2.43. The SMILES string of the molecule is Cc1cccc(-c2ccccc2C(=O)Nc2ccc(C(=O)[N+]34CCC(F)(F)C(c5ccccc53)C4C(=O)Cc3ccccn3)cc2)c1. The maximum absolute atomic E-state index is 15.7. The van der Waals surface area contributed by atoms with Crippen LogP contribution in [0.15, 0.2) is 121 Å². The first-order valence-corrected chi connectivity index (χ1v) is 15.6. The molecular formula is C39H32F2N3O3+. The summed E-state index contributed by atoms with van der Waals surface area (Å²) in [7, 11) is 0. The topological polar surface area (TPSA) is 76.1 Å². The van der Waals surface area contributed by atoms with Gasteiger partial charge in [-0.05, 0) is 66.6 Å². The number of pyridine rings is 1. The van der Waals surface area contributed by atoms with Gasteiger partial charge in [0, 0.05) is 28.7 Å². The van der Waals surface area contributed by atoms with Crippen molar-refractivity contribution in [3.8, 4) is 11.1 Å². The maximum atomic E-state index is 15.7. The van der Waals surface area contributed by atoms with Gasteiger partial charge in [0.25, 0.3) is 11.8 Å². The number of aromatic nitrogens is 1. The molecule has 2 aliphatic rings. The van der Waals surface area contributed by atoms with Crippen LogP contribution in [0.5, 0.6) is 0 Å². The van der Waals surface area contributed by atoms with Gasteiger partial charge >= 0.3 is 5.91 Å². The molecule has 8 heteroatoms. The molecule has 0 aliphatic carbocycles. The van der Waals surface area contributed by atoms with E-state index in [0.717, 1.165) is 16.7 Å². The van der Waals surface area contributed by atoms with E-state index >= 15 is 8.78 Å². The summed E-state index contributed by atoms with van der Waals surface area (Å²) in [6.45, 7) is 1.78. The number of ketones is 1. The number of anilines is 1. The number of quaternary nitrogens is 1. The van der Waals surface area contributed by atoms with E-state index in [1.165, 1.54) is 0 Å². The Kier molecular flexibility index (Phi) is 7.60. The number of halogens is 2. The predicted octanol–water partition coefficient (Wildman–Crippen LogP) is 7.77. The molecular weight excluding hydrogens is 596 g/mol. The summed E-state index contributed by atoms with van der Waals surface area (Å²) in [5, 5.41) is 2.93. The van der Waals surface area contributed by atoms with Gasteiger partial charge in [0.05, 0.1) is 24.9 Å². The average Bonchev–Trinajstić information content (AvgIpc) is 3.35. The van der Waals surface area contributed by atoms with Crippen LogP contribution in [0, 0.1) is 6.92 Å². The van der Waals surface area contributed by atoms with E-state index in [2.05, 4.69) is 10.3 Å². The minimum atomic E-state index is -3.16. The number of hydrogen-bond acceptors (Lipinski definition) is 4. The molecule has 5 aromatic rings. The fourth-order valence-corrected chi connectivity index (χ4v) is 7.31. The molecule has 2 amide bonds. The van der Waals surface area contributed by atoms with E-state index in [4.69, 9.17) is 0 Å². The summed E-state index contributed by atoms with van der Waals surface area (Å²) in [5.74, 6) is -5.79. The third kappa shape index (κ3) is 5.24. The van der Waals surface area contributed by atoms with Crippen molar-refractivity contribution in [1.29, 1.82) is 0 Å². The number of rotatable bonds is 7. The van der Waals surface area contributed by atoms with Crippen molar-refractivity contribution in [2.75, 3.05) is 11.9 Å². The number of piperidine rings is 1. The third-order valence-corrected chi connectivity index (χ3v) is 9.41. The molecule has 7 rings (SSSR count). The number of amides is 2. The van der Waals surface area contributed by atoms with Gasteiger partial charge in [-0.2, -0.15) is 0 Å². The van der Waals surface area contributed by atoms with Crippen molar-refractivity contribution in [3.05, 3.63) is 149 Å².